The van der Waals surface area contributed by atoms with Crippen molar-refractivity contribution in [2.45, 2.75) is 39.8 Å². The van der Waals surface area contributed by atoms with Crippen LogP contribution in [-0.4, -0.2) is 27.0 Å². The Morgan fingerprint density at radius 2 is 1.58 bits per heavy atom. The van der Waals surface area contributed by atoms with Gasteiger partial charge in [-0.3, -0.25) is 19.0 Å². The number of anilines is 1. The van der Waals surface area contributed by atoms with Crippen LogP contribution < -0.4 is 10.9 Å². The molecule has 31 heavy (non-hydrogen) atoms. The molecule has 7 nitrogen and oxygen atoms in total. The molecule has 0 fully saturated rings. The second-order valence-corrected chi connectivity index (χ2v) is 8.10. The van der Waals surface area contributed by atoms with Gasteiger partial charge < -0.3 is 10.1 Å². The molecule has 0 saturated heterocycles. The first-order valence-electron chi connectivity index (χ1n) is 9.89. The van der Waals surface area contributed by atoms with Gasteiger partial charge in [0.05, 0.1) is 0 Å². The summed E-state index contributed by atoms with van der Waals surface area (Å²) >= 11 is 0. The first-order chi connectivity index (χ1) is 14.6. The van der Waals surface area contributed by atoms with Crippen LogP contribution in [0.3, 0.4) is 0 Å². The van der Waals surface area contributed by atoms with Crippen molar-refractivity contribution in [3.05, 3.63) is 71.0 Å². The number of nitrogens with zero attached hydrogens (tertiary/aromatic N) is 2. The summed E-state index contributed by atoms with van der Waals surface area (Å²) in [6, 6.07) is 18.6. The molecule has 2 aliphatic rings. The fraction of sp³-hybridized carbons (Fsp3) is 0.250. The lowest BCUT2D eigenvalue weighted by molar-refractivity contribution is -0.155. The lowest BCUT2D eigenvalue weighted by Crippen LogP contribution is -2.32. The topological polar surface area (TPSA) is 90.3 Å². The predicted molar refractivity (Wildman–Crippen MR) is 120 cm³/mol. The van der Waals surface area contributed by atoms with Crippen molar-refractivity contribution >= 4 is 17.7 Å². The van der Waals surface area contributed by atoms with E-state index in [1.165, 1.54) is 28.7 Å². The van der Waals surface area contributed by atoms with Crippen LogP contribution in [0.2, 0.25) is 0 Å². The number of fused-ring (bicyclic) bond motifs is 1. The van der Waals surface area contributed by atoms with E-state index in [4.69, 9.17) is 4.74 Å². The van der Waals surface area contributed by atoms with Crippen molar-refractivity contribution in [3.63, 3.8) is 0 Å². The van der Waals surface area contributed by atoms with Crippen molar-refractivity contribution in [3.8, 4) is 22.5 Å². The maximum absolute atomic E-state index is 12.5. The Labute approximate surface area is 180 Å². The molecule has 0 atom stereocenters. The zero-order chi connectivity index (χ0) is 22.6. The molecule has 7 heteroatoms. The van der Waals surface area contributed by atoms with Gasteiger partial charge in [0.25, 0.3) is 5.56 Å². The molecule has 1 heterocycles. The minimum Gasteiger partial charge on any atom is -0.459 e. The maximum atomic E-state index is 12.5. The Bertz CT molecular complexity index is 1140. The molecule has 1 amide bonds. The number of amides is 1. The number of rotatable bonds is 4. The van der Waals surface area contributed by atoms with Gasteiger partial charge in [-0.25, -0.2) is 4.98 Å². The van der Waals surface area contributed by atoms with Crippen LogP contribution in [0.15, 0.2) is 65.5 Å². The third-order valence-corrected chi connectivity index (χ3v) is 4.16. The second kappa shape index (κ2) is 8.95. The largest absolute Gasteiger partial charge is 0.459 e. The fourth-order valence-electron chi connectivity index (χ4n) is 2.89. The van der Waals surface area contributed by atoms with Gasteiger partial charge in [-0.1, -0.05) is 48.5 Å². The summed E-state index contributed by atoms with van der Waals surface area (Å²) in [5.74, 6) is -0.462. The highest BCUT2D eigenvalue weighted by molar-refractivity contribution is 5.87. The van der Waals surface area contributed by atoms with Gasteiger partial charge >= 0.3 is 5.97 Å². The van der Waals surface area contributed by atoms with Gasteiger partial charge in [0.1, 0.15) is 23.8 Å². The number of esters is 1. The molecule has 4 rings (SSSR count). The number of carbonyl (C=O) groups is 2. The second-order valence-electron chi connectivity index (χ2n) is 8.10. The number of hydrogen-bond donors (Lipinski definition) is 1. The minimum atomic E-state index is -0.656. The number of ether oxygens (including phenoxy) is 1. The third-order valence-electron chi connectivity index (χ3n) is 4.16. The molecule has 0 unspecified atom stereocenters. The summed E-state index contributed by atoms with van der Waals surface area (Å²) < 4.78 is 6.52. The number of aromatic nitrogens is 2. The van der Waals surface area contributed by atoms with E-state index in [9.17, 15) is 14.4 Å². The van der Waals surface area contributed by atoms with Gasteiger partial charge in [0.2, 0.25) is 5.91 Å². The summed E-state index contributed by atoms with van der Waals surface area (Å²) in [6.45, 7) is 6.32. The highest BCUT2D eigenvalue weighted by Gasteiger charge is 2.20. The van der Waals surface area contributed by atoms with E-state index in [2.05, 4.69) is 34.6 Å². The molecule has 0 aliphatic heterocycles. The van der Waals surface area contributed by atoms with Crippen LogP contribution >= 0.6 is 0 Å². The standard InChI is InChI=1S/C18H21N3O4.C6H4/c1-12(22)19-14-10-15(23)21(11-16(24)25-18(2,3)4)17(20-14)13-8-6-5-7-9-13;1-2-5-4-6(5)3-1/h5-10H,11H2,1-4H3,(H,19,22);1-4H. The molecule has 160 valence electrons. The molecule has 1 aromatic carbocycles. The molecule has 2 aromatic rings. The fourth-order valence-corrected chi connectivity index (χ4v) is 2.89. The molecule has 1 aromatic heterocycles. The van der Waals surface area contributed by atoms with Crippen LogP contribution in [0.1, 0.15) is 27.7 Å². The normalized spacial score (nSPS) is 11.1. The summed E-state index contributed by atoms with van der Waals surface area (Å²) in [6.07, 6.45) is 0. The SMILES string of the molecule is CC(=O)Nc1cc(=O)n(CC(=O)OC(C)(C)C)c(-c2ccccc2)n1.c1cc2cc-2c1. The number of carbonyl (C=O) groups excluding carboxylic acids is 2. The Morgan fingerprint density at radius 3 is 2.06 bits per heavy atom. The van der Waals surface area contributed by atoms with E-state index in [1.54, 1.807) is 45.0 Å². The van der Waals surface area contributed by atoms with Crippen LogP contribution in [-0.2, 0) is 20.9 Å². The average molecular weight is 419 g/mol. The summed E-state index contributed by atoms with van der Waals surface area (Å²) in [5.41, 5.74) is 2.39. The summed E-state index contributed by atoms with van der Waals surface area (Å²) in [7, 11) is 0. The van der Waals surface area contributed by atoms with Crippen molar-refractivity contribution in [2.75, 3.05) is 5.32 Å². The highest BCUT2D eigenvalue weighted by Crippen LogP contribution is 2.32. The Balaban J connectivity index is 0.000000381. The zero-order valence-corrected chi connectivity index (χ0v) is 18.0. The van der Waals surface area contributed by atoms with Gasteiger partial charge in [0.15, 0.2) is 0 Å². The Morgan fingerprint density at radius 1 is 0.968 bits per heavy atom. The van der Waals surface area contributed by atoms with E-state index in [-0.39, 0.29) is 24.1 Å². The molecule has 0 radical (unpaired) electrons. The predicted octanol–water partition coefficient (Wildman–Crippen LogP) is 3.88. The van der Waals surface area contributed by atoms with E-state index in [1.807, 2.05) is 6.07 Å². The zero-order valence-electron chi connectivity index (χ0n) is 18.0. The van der Waals surface area contributed by atoms with Gasteiger partial charge in [0, 0.05) is 18.6 Å². The van der Waals surface area contributed by atoms with Gasteiger partial charge in [-0.05, 0) is 38.0 Å². The van der Waals surface area contributed by atoms with E-state index >= 15 is 0 Å². The van der Waals surface area contributed by atoms with Crippen molar-refractivity contribution in [2.24, 2.45) is 0 Å². The van der Waals surface area contributed by atoms with E-state index in [0.717, 1.165) is 0 Å². The molecular weight excluding hydrogens is 394 g/mol. The smallest absolute Gasteiger partial charge is 0.326 e. The quantitative estimate of drug-likeness (QED) is 0.507. The molecule has 2 aliphatic carbocycles. The van der Waals surface area contributed by atoms with Gasteiger partial charge in [-0.15, -0.1) is 0 Å². The first kappa shape index (κ1) is 22.0. The summed E-state index contributed by atoms with van der Waals surface area (Å²) in [5, 5.41) is 2.49. The maximum Gasteiger partial charge on any atom is 0.326 e. The van der Waals surface area contributed by atoms with E-state index < -0.39 is 17.1 Å². The number of benzene rings is 2. The van der Waals surface area contributed by atoms with Crippen molar-refractivity contribution in [1.82, 2.24) is 9.55 Å². The first-order valence-corrected chi connectivity index (χ1v) is 9.89. The van der Waals surface area contributed by atoms with Crippen LogP contribution in [0.4, 0.5) is 5.82 Å². The molecule has 0 saturated carbocycles. The lowest BCUT2D eigenvalue weighted by Gasteiger charge is -2.20. The minimum absolute atomic E-state index is 0.136. The Kier molecular flexibility index (Phi) is 6.34. The highest BCUT2D eigenvalue weighted by atomic mass is 16.6. The monoisotopic (exact) mass is 419 g/mol. The van der Waals surface area contributed by atoms with Crippen LogP contribution in [0.5, 0.6) is 0 Å². The van der Waals surface area contributed by atoms with Crippen LogP contribution in [0.25, 0.3) is 22.5 Å². The average Bonchev–Trinajstić information content (AvgIpc) is 3.28. The third kappa shape index (κ3) is 6.37. The molecule has 0 bridgehead atoms. The number of hydrogen-bond acceptors (Lipinski definition) is 5. The number of nitrogens with one attached hydrogen (secondary N) is 1. The molecule has 0 spiro atoms. The van der Waals surface area contributed by atoms with E-state index in [0.29, 0.717) is 5.56 Å². The van der Waals surface area contributed by atoms with Crippen molar-refractivity contribution in [1.29, 1.82) is 0 Å². The molecular formula is C24H25N3O4. The summed E-state index contributed by atoms with van der Waals surface area (Å²) in [4.78, 5) is 40.2. The van der Waals surface area contributed by atoms with Gasteiger partial charge in [-0.2, -0.15) is 0 Å². The molecule has 1 N–H and O–H groups in total. The lowest BCUT2D eigenvalue weighted by atomic mass is 10.2. The Hall–Kier alpha value is -3.74. The van der Waals surface area contributed by atoms with Crippen LogP contribution in [0, 0.1) is 0 Å². The van der Waals surface area contributed by atoms with Crippen molar-refractivity contribution < 1.29 is 14.3 Å².